The van der Waals surface area contributed by atoms with E-state index in [1.54, 1.807) is 12.1 Å². The highest BCUT2D eigenvalue weighted by atomic mass is 16.5. The minimum atomic E-state index is -0.601. The van der Waals surface area contributed by atoms with Gasteiger partial charge in [0, 0.05) is 5.41 Å². The van der Waals surface area contributed by atoms with Crippen LogP contribution in [0.2, 0.25) is 0 Å². The molecule has 4 nitrogen and oxygen atoms in total. The molecule has 1 atom stereocenters. The van der Waals surface area contributed by atoms with E-state index in [-0.39, 0.29) is 23.2 Å². The minimum Gasteiger partial charge on any atom is -0.425 e. The summed E-state index contributed by atoms with van der Waals surface area (Å²) in [4.78, 5) is 25.9. The molecule has 4 aliphatic carbocycles. The number of carbonyl (C=O) groups is 2. The van der Waals surface area contributed by atoms with Crippen LogP contribution in [0, 0.1) is 29.1 Å². The van der Waals surface area contributed by atoms with Crippen molar-refractivity contribution in [2.75, 3.05) is 0 Å². The van der Waals surface area contributed by atoms with Crippen molar-refractivity contribution in [1.82, 2.24) is 5.32 Å². The molecule has 0 saturated heterocycles. The zero-order chi connectivity index (χ0) is 18.3. The Morgan fingerprint density at radius 1 is 1.00 bits per heavy atom. The Morgan fingerprint density at radius 2 is 1.54 bits per heavy atom. The highest BCUT2D eigenvalue weighted by molar-refractivity contribution is 5.89. The van der Waals surface area contributed by atoms with Gasteiger partial charge >= 0.3 is 5.97 Å². The number of para-hydroxylation sites is 1. The first-order chi connectivity index (χ1) is 12.4. The lowest BCUT2D eigenvalue weighted by molar-refractivity contribution is -0.151. The molecule has 4 heteroatoms. The van der Waals surface area contributed by atoms with Gasteiger partial charge in [-0.3, -0.25) is 4.79 Å². The fraction of sp³-hybridized carbons (Fsp3) is 0.636. The van der Waals surface area contributed by atoms with Gasteiger partial charge in [0.1, 0.15) is 11.8 Å². The Bertz CT molecular complexity index is 647. The average Bonchev–Trinajstić information content (AvgIpc) is 2.58. The predicted octanol–water partition coefficient (Wildman–Crippen LogP) is 3.95. The third-order valence-electron chi connectivity index (χ3n) is 6.69. The monoisotopic (exact) mass is 355 g/mol. The van der Waals surface area contributed by atoms with E-state index in [0.29, 0.717) is 23.5 Å². The summed E-state index contributed by atoms with van der Waals surface area (Å²) in [5, 5.41) is 3.08. The largest absolute Gasteiger partial charge is 0.425 e. The third kappa shape index (κ3) is 3.26. The second-order valence-corrected chi connectivity index (χ2v) is 9.13. The SMILES string of the molecule is CC(C)[C@@H](NC(=O)C12CC3CC(CC(C3)C1)C2)C(=O)Oc1ccccc1. The Labute approximate surface area is 155 Å². The molecule has 0 spiro atoms. The summed E-state index contributed by atoms with van der Waals surface area (Å²) in [6.45, 7) is 3.91. The predicted molar refractivity (Wildman–Crippen MR) is 99.5 cm³/mol. The van der Waals surface area contributed by atoms with Crippen molar-refractivity contribution in [3.8, 4) is 5.75 Å². The Balaban J connectivity index is 1.46. The number of rotatable bonds is 5. The first kappa shape index (κ1) is 17.6. The van der Waals surface area contributed by atoms with Crippen LogP contribution in [0.4, 0.5) is 0 Å². The topological polar surface area (TPSA) is 55.4 Å². The summed E-state index contributed by atoms with van der Waals surface area (Å²) in [5.74, 6) is 2.35. The van der Waals surface area contributed by atoms with E-state index in [1.165, 1.54) is 19.3 Å². The number of hydrogen-bond donors (Lipinski definition) is 1. The molecule has 4 aliphatic rings. The summed E-state index contributed by atoms with van der Waals surface area (Å²) in [6.07, 6.45) is 6.92. The van der Waals surface area contributed by atoms with E-state index in [1.807, 2.05) is 32.0 Å². The molecule has 1 aromatic carbocycles. The van der Waals surface area contributed by atoms with Crippen LogP contribution >= 0.6 is 0 Å². The Hall–Kier alpha value is -1.84. The summed E-state index contributed by atoms with van der Waals surface area (Å²) in [6, 6.07) is 8.47. The summed E-state index contributed by atoms with van der Waals surface area (Å²) >= 11 is 0. The fourth-order valence-electron chi connectivity index (χ4n) is 5.85. The maximum atomic E-state index is 13.2. The molecule has 0 heterocycles. The van der Waals surface area contributed by atoms with Gasteiger partial charge in [-0.2, -0.15) is 0 Å². The maximum absolute atomic E-state index is 13.2. The van der Waals surface area contributed by atoms with Gasteiger partial charge in [0.2, 0.25) is 5.91 Å². The maximum Gasteiger partial charge on any atom is 0.334 e. The minimum absolute atomic E-state index is 0.0101. The van der Waals surface area contributed by atoms with Crippen molar-refractivity contribution in [1.29, 1.82) is 0 Å². The Morgan fingerprint density at radius 3 is 2.04 bits per heavy atom. The highest BCUT2D eigenvalue weighted by Gasteiger charge is 2.55. The van der Waals surface area contributed by atoms with E-state index in [9.17, 15) is 9.59 Å². The zero-order valence-corrected chi connectivity index (χ0v) is 15.7. The van der Waals surface area contributed by atoms with Crippen molar-refractivity contribution in [3.05, 3.63) is 30.3 Å². The fourth-order valence-corrected chi connectivity index (χ4v) is 5.85. The molecular formula is C22H29NO3. The summed E-state index contributed by atoms with van der Waals surface area (Å²) in [5.41, 5.74) is -0.241. The van der Waals surface area contributed by atoms with Crippen LogP contribution in [-0.4, -0.2) is 17.9 Å². The van der Waals surface area contributed by atoms with E-state index in [4.69, 9.17) is 4.74 Å². The molecule has 0 unspecified atom stereocenters. The van der Waals surface area contributed by atoms with Gasteiger partial charge in [-0.1, -0.05) is 32.0 Å². The van der Waals surface area contributed by atoms with Crippen LogP contribution in [0.3, 0.4) is 0 Å². The van der Waals surface area contributed by atoms with E-state index in [0.717, 1.165) is 19.3 Å². The molecule has 0 aromatic heterocycles. The number of benzene rings is 1. The molecule has 4 saturated carbocycles. The normalized spacial score (nSPS) is 33.1. The van der Waals surface area contributed by atoms with Crippen molar-refractivity contribution in [2.45, 2.75) is 58.4 Å². The lowest BCUT2D eigenvalue weighted by atomic mass is 9.49. The zero-order valence-electron chi connectivity index (χ0n) is 15.7. The van der Waals surface area contributed by atoms with E-state index in [2.05, 4.69) is 5.32 Å². The number of ether oxygens (including phenoxy) is 1. The molecule has 140 valence electrons. The molecule has 0 radical (unpaired) electrons. The van der Waals surface area contributed by atoms with Gasteiger partial charge in [0.05, 0.1) is 0 Å². The van der Waals surface area contributed by atoms with Crippen molar-refractivity contribution in [2.24, 2.45) is 29.1 Å². The van der Waals surface area contributed by atoms with Crippen molar-refractivity contribution in [3.63, 3.8) is 0 Å². The van der Waals surface area contributed by atoms with Gasteiger partial charge in [-0.05, 0) is 74.3 Å². The van der Waals surface area contributed by atoms with Crippen LogP contribution in [0.5, 0.6) is 5.75 Å². The van der Waals surface area contributed by atoms with Gasteiger partial charge in [0.15, 0.2) is 0 Å². The second kappa shape index (κ2) is 6.71. The highest BCUT2D eigenvalue weighted by Crippen LogP contribution is 2.60. The molecule has 1 N–H and O–H groups in total. The molecule has 4 fully saturated rings. The average molecular weight is 355 g/mol. The van der Waals surface area contributed by atoms with Crippen LogP contribution in [0.1, 0.15) is 52.4 Å². The number of esters is 1. The van der Waals surface area contributed by atoms with Gasteiger partial charge < -0.3 is 10.1 Å². The number of hydrogen-bond acceptors (Lipinski definition) is 3. The molecule has 1 amide bonds. The molecule has 26 heavy (non-hydrogen) atoms. The summed E-state index contributed by atoms with van der Waals surface area (Å²) < 4.78 is 5.50. The van der Waals surface area contributed by atoms with E-state index < -0.39 is 6.04 Å². The van der Waals surface area contributed by atoms with Crippen LogP contribution < -0.4 is 10.1 Å². The second-order valence-electron chi connectivity index (χ2n) is 9.13. The Kier molecular flexibility index (Phi) is 4.54. The van der Waals surface area contributed by atoms with Crippen LogP contribution in [0.25, 0.3) is 0 Å². The standard InChI is InChI=1S/C22H29NO3/c1-14(2)19(20(24)26-18-6-4-3-5-7-18)23-21(25)22-11-15-8-16(12-22)10-17(9-15)13-22/h3-7,14-17,19H,8-13H2,1-2H3,(H,23,25)/t15?,16?,17?,19-,22?/m1/s1. The molecular weight excluding hydrogens is 326 g/mol. The molecule has 0 aliphatic heterocycles. The number of nitrogens with one attached hydrogen (secondary N) is 1. The van der Waals surface area contributed by atoms with Crippen LogP contribution in [-0.2, 0) is 9.59 Å². The lowest BCUT2D eigenvalue weighted by Crippen LogP contribution is -2.57. The van der Waals surface area contributed by atoms with Gasteiger partial charge in [0.25, 0.3) is 0 Å². The van der Waals surface area contributed by atoms with Crippen LogP contribution in [0.15, 0.2) is 30.3 Å². The molecule has 5 rings (SSSR count). The quantitative estimate of drug-likeness (QED) is 0.643. The summed E-state index contributed by atoms with van der Waals surface area (Å²) in [7, 11) is 0. The van der Waals surface area contributed by atoms with Crippen molar-refractivity contribution < 1.29 is 14.3 Å². The smallest absolute Gasteiger partial charge is 0.334 e. The van der Waals surface area contributed by atoms with Crippen molar-refractivity contribution >= 4 is 11.9 Å². The first-order valence-corrected chi connectivity index (χ1v) is 10.0. The lowest BCUT2D eigenvalue weighted by Gasteiger charge is -2.55. The molecule has 1 aromatic rings. The number of carbonyl (C=O) groups excluding carboxylic acids is 2. The van der Waals surface area contributed by atoms with Gasteiger partial charge in [-0.15, -0.1) is 0 Å². The number of amides is 1. The first-order valence-electron chi connectivity index (χ1n) is 10.0. The third-order valence-corrected chi connectivity index (χ3v) is 6.69. The van der Waals surface area contributed by atoms with E-state index >= 15 is 0 Å². The van der Waals surface area contributed by atoms with Gasteiger partial charge in [-0.25, -0.2) is 4.79 Å². The molecule has 4 bridgehead atoms.